The first kappa shape index (κ1) is 8.84. The first-order valence-corrected chi connectivity index (χ1v) is 2.89. The summed E-state index contributed by atoms with van der Waals surface area (Å²) in [6, 6.07) is -0.282. The van der Waals surface area contributed by atoms with Crippen LogP contribution in [0.3, 0.4) is 0 Å². The van der Waals surface area contributed by atoms with Crippen LogP contribution in [0, 0.1) is 0 Å². The molecule has 4 heteroatoms. The minimum Gasteiger partial charge on any atom is -0.395 e. The molecule has 2 atom stereocenters. The molecule has 0 amide bonds. The predicted octanol–water partition coefficient (Wildman–Crippen LogP) is -1.90. The highest BCUT2D eigenvalue weighted by Gasteiger charge is 2.12. The Morgan fingerprint density at radius 2 is 1.89 bits per heavy atom. The van der Waals surface area contributed by atoms with Crippen LogP contribution >= 0.6 is 0 Å². The van der Waals surface area contributed by atoms with E-state index < -0.39 is 6.23 Å². The summed E-state index contributed by atoms with van der Waals surface area (Å²) in [6.07, 6.45) is -0.681. The molecule has 0 aliphatic rings. The van der Waals surface area contributed by atoms with Crippen LogP contribution < -0.4 is 10.6 Å². The van der Waals surface area contributed by atoms with Crippen molar-refractivity contribution in [1.29, 1.82) is 0 Å². The second-order valence-corrected chi connectivity index (χ2v) is 1.81. The molecule has 0 aliphatic heterocycles. The summed E-state index contributed by atoms with van der Waals surface area (Å²) in [5, 5.41) is 22.9. The molecule has 2 unspecified atom stereocenters. The van der Waals surface area contributed by atoms with Gasteiger partial charge in [-0.2, -0.15) is 0 Å². The number of rotatable bonds is 4. The van der Waals surface area contributed by atoms with Gasteiger partial charge in [-0.1, -0.05) is 0 Å². The van der Waals surface area contributed by atoms with E-state index in [1.54, 1.807) is 14.1 Å². The molecule has 9 heavy (non-hydrogen) atoms. The van der Waals surface area contributed by atoms with Gasteiger partial charge in [-0.3, -0.25) is 5.32 Å². The molecular weight excluding hydrogens is 120 g/mol. The van der Waals surface area contributed by atoms with Gasteiger partial charge in [0.1, 0.15) is 6.23 Å². The quantitative estimate of drug-likeness (QED) is 0.339. The topological polar surface area (TPSA) is 64.5 Å². The molecule has 0 rings (SSSR count). The van der Waals surface area contributed by atoms with Crippen molar-refractivity contribution in [2.75, 3.05) is 20.7 Å². The first-order valence-electron chi connectivity index (χ1n) is 2.89. The number of aliphatic hydroxyl groups excluding tert-OH is 2. The first-order chi connectivity index (χ1) is 4.26. The van der Waals surface area contributed by atoms with Crippen LogP contribution in [0.5, 0.6) is 0 Å². The zero-order valence-corrected chi connectivity index (χ0v) is 5.76. The summed E-state index contributed by atoms with van der Waals surface area (Å²) < 4.78 is 0. The van der Waals surface area contributed by atoms with E-state index in [4.69, 9.17) is 10.2 Å². The summed E-state index contributed by atoms with van der Waals surface area (Å²) >= 11 is 0. The number of nitrogens with one attached hydrogen (secondary N) is 2. The Kier molecular flexibility index (Phi) is 4.61. The molecule has 0 spiro atoms. The number of likely N-dealkylation sites (N-methyl/N-ethyl adjacent to an activating group) is 2. The molecule has 0 bridgehead atoms. The van der Waals surface area contributed by atoms with Gasteiger partial charge in [0, 0.05) is 0 Å². The van der Waals surface area contributed by atoms with E-state index in [-0.39, 0.29) is 12.6 Å². The van der Waals surface area contributed by atoms with Crippen LogP contribution in [0.2, 0.25) is 0 Å². The van der Waals surface area contributed by atoms with Crippen LogP contribution in [0.1, 0.15) is 0 Å². The normalized spacial score (nSPS) is 17.3. The maximum absolute atomic E-state index is 8.98. The number of hydrogen-bond donors (Lipinski definition) is 4. The molecule has 56 valence electrons. The molecule has 0 aromatic carbocycles. The largest absolute Gasteiger partial charge is 0.395 e. The fourth-order valence-electron chi connectivity index (χ4n) is 0.550. The van der Waals surface area contributed by atoms with E-state index in [1.165, 1.54) is 0 Å². The molecule has 0 aromatic rings. The lowest BCUT2D eigenvalue weighted by Crippen LogP contribution is -2.47. The van der Waals surface area contributed by atoms with E-state index >= 15 is 0 Å². The van der Waals surface area contributed by atoms with Crippen molar-refractivity contribution in [3.63, 3.8) is 0 Å². The smallest absolute Gasteiger partial charge is 0.122 e. The molecule has 0 aliphatic carbocycles. The van der Waals surface area contributed by atoms with Gasteiger partial charge in [-0.25, -0.2) is 0 Å². The molecule has 0 fully saturated rings. The van der Waals surface area contributed by atoms with Crippen LogP contribution in [0.15, 0.2) is 0 Å². The van der Waals surface area contributed by atoms with E-state index in [1.807, 2.05) is 0 Å². The van der Waals surface area contributed by atoms with Crippen molar-refractivity contribution in [3.8, 4) is 0 Å². The molecule has 4 nitrogen and oxygen atoms in total. The number of aliphatic hydroxyl groups is 2. The average molecular weight is 134 g/mol. The van der Waals surface area contributed by atoms with Crippen molar-refractivity contribution in [2.24, 2.45) is 0 Å². The van der Waals surface area contributed by atoms with Gasteiger partial charge in [0.25, 0.3) is 0 Å². The Balaban J connectivity index is 3.50. The van der Waals surface area contributed by atoms with Crippen LogP contribution in [-0.2, 0) is 0 Å². The molecule has 0 heterocycles. The van der Waals surface area contributed by atoms with E-state index in [9.17, 15) is 0 Å². The van der Waals surface area contributed by atoms with Gasteiger partial charge in [0.2, 0.25) is 0 Å². The van der Waals surface area contributed by atoms with Gasteiger partial charge >= 0.3 is 0 Å². The van der Waals surface area contributed by atoms with Gasteiger partial charge in [0.15, 0.2) is 0 Å². The fourth-order valence-corrected chi connectivity index (χ4v) is 0.550. The minimum absolute atomic E-state index is 0.0709. The van der Waals surface area contributed by atoms with Gasteiger partial charge in [0.05, 0.1) is 12.6 Å². The van der Waals surface area contributed by atoms with Gasteiger partial charge < -0.3 is 15.5 Å². The fraction of sp³-hybridized carbons (Fsp3) is 1.00. The second kappa shape index (κ2) is 4.69. The van der Waals surface area contributed by atoms with Crippen molar-refractivity contribution in [3.05, 3.63) is 0 Å². The monoisotopic (exact) mass is 134 g/mol. The Morgan fingerprint density at radius 3 is 2.00 bits per heavy atom. The third-order valence-electron chi connectivity index (χ3n) is 1.24. The molecular formula is C5H14N2O2. The third-order valence-corrected chi connectivity index (χ3v) is 1.24. The minimum atomic E-state index is -0.681. The highest BCUT2D eigenvalue weighted by Crippen LogP contribution is 1.84. The summed E-state index contributed by atoms with van der Waals surface area (Å²) in [7, 11) is 3.31. The Labute approximate surface area is 54.9 Å². The lowest BCUT2D eigenvalue weighted by atomic mass is 10.3. The van der Waals surface area contributed by atoms with Crippen molar-refractivity contribution >= 4 is 0 Å². The van der Waals surface area contributed by atoms with Crippen molar-refractivity contribution in [2.45, 2.75) is 12.3 Å². The lowest BCUT2D eigenvalue weighted by molar-refractivity contribution is 0.0739. The zero-order chi connectivity index (χ0) is 7.28. The summed E-state index contributed by atoms with van der Waals surface area (Å²) in [5.41, 5.74) is 0. The van der Waals surface area contributed by atoms with Crippen molar-refractivity contribution in [1.82, 2.24) is 10.6 Å². The average Bonchev–Trinajstić information content (AvgIpc) is 1.90. The summed E-state index contributed by atoms with van der Waals surface area (Å²) in [5.74, 6) is 0. The molecule has 0 aromatic heterocycles. The standard InChI is InChI=1S/C5H14N2O2/c1-6-4(3-8)5(9)7-2/h4-9H,3H2,1-2H3. The molecule has 0 radical (unpaired) electrons. The molecule has 0 saturated carbocycles. The van der Waals surface area contributed by atoms with Crippen molar-refractivity contribution < 1.29 is 10.2 Å². The number of hydrogen-bond acceptors (Lipinski definition) is 4. The summed E-state index contributed by atoms with van der Waals surface area (Å²) in [4.78, 5) is 0. The van der Waals surface area contributed by atoms with E-state index in [0.717, 1.165) is 0 Å². The third kappa shape index (κ3) is 2.76. The van der Waals surface area contributed by atoms with E-state index in [2.05, 4.69) is 10.6 Å². The highest BCUT2D eigenvalue weighted by molar-refractivity contribution is 4.68. The van der Waals surface area contributed by atoms with Gasteiger partial charge in [-0.15, -0.1) is 0 Å². The zero-order valence-electron chi connectivity index (χ0n) is 5.76. The Hall–Kier alpha value is -0.160. The molecule has 4 N–H and O–H groups in total. The summed E-state index contributed by atoms with van der Waals surface area (Å²) in [6.45, 7) is -0.0709. The Bertz CT molecular complexity index is 66.0. The maximum Gasteiger partial charge on any atom is 0.122 e. The van der Waals surface area contributed by atoms with Crippen LogP contribution in [0.25, 0.3) is 0 Å². The van der Waals surface area contributed by atoms with E-state index in [0.29, 0.717) is 0 Å². The lowest BCUT2D eigenvalue weighted by Gasteiger charge is -2.18. The molecule has 0 saturated heterocycles. The van der Waals surface area contributed by atoms with Crippen LogP contribution in [0.4, 0.5) is 0 Å². The van der Waals surface area contributed by atoms with Gasteiger partial charge in [-0.05, 0) is 14.1 Å². The maximum atomic E-state index is 8.98. The SMILES string of the molecule is CNC(O)C(CO)NC. The predicted molar refractivity (Wildman–Crippen MR) is 35.0 cm³/mol. The van der Waals surface area contributed by atoms with Crippen LogP contribution in [-0.4, -0.2) is 43.2 Å². The highest BCUT2D eigenvalue weighted by atomic mass is 16.3. The second-order valence-electron chi connectivity index (χ2n) is 1.81. The Morgan fingerprint density at radius 1 is 1.33 bits per heavy atom.